The highest BCUT2D eigenvalue weighted by atomic mass is 14.6. The Bertz CT molecular complexity index is 733. The van der Waals surface area contributed by atoms with Crippen molar-refractivity contribution >= 4 is 0 Å². The molecule has 0 aliphatic rings. The third-order valence-corrected chi connectivity index (χ3v) is 3.02. The molecule has 0 saturated heterocycles. The first-order chi connectivity index (χ1) is 9.92. The van der Waals surface area contributed by atoms with E-state index in [0.29, 0.717) is 0 Å². The Morgan fingerprint density at radius 3 is 1.50 bits per heavy atom. The number of hydrogen-bond acceptors (Lipinski definition) is 1. The number of benzene rings is 2. The number of hydrogen-bond donors (Lipinski definition) is 0. The van der Waals surface area contributed by atoms with E-state index in [1.165, 1.54) is 11.1 Å². The average Bonchev–Trinajstić information content (AvgIpc) is 2.55. The van der Waals surface area contributed by atoms with Gasteiger partial charge in [0.25, 0.3) is 0 Å². The molecular weight excluding hydrogens is 290 g/mol. The van der Waals surface area contributed by atoms with Crippen LogP contribution in [-0.2, 0) is 0 Å². The van der Waals surface area contributed by atoms with Gasteiger partial charge in [0.2, 0.25) is 0 Å². The molecule has 0 spiro atoms. The van der Waals surface area contributed by atoms with Gasteiger partial charge in [-0.25, -0.2) is 0 Å². The molecule has 3 rings (SSSR count). The normalized spacial score (nSPS) is 8.00. The van der Waals surface area contributed by atoms with E-state index in [2.05, 4.69) is 29.0 Å². The number of aromatic nitrogens is 1. The van der Waals surface area contributed by atoms with Gasteiger partial charge >= 0.3 is 0 Å². The van der Waals surface area contributed by atoms with Crippen molar-refractivity contribution in [3.05, 3.63) is 90.3 Å². The van der Waals surface area contributed by atoms with Crippen LogP contribution in [0.2, 0.25) is 0 Å². The van der Waals surface area contributed by atoms with Crippen LogP contribution in [0.1, 0.15) is 40.8 Å². The molecule has 0 bridgehead atoms. The minimum atomic E-state index is 0. The highest BCUT2D eigenvalue weighted by Gasteiger charge is 1.95. The first kappa shape index (κ1) is 23.4. The lowest BCUT2D eigenvalue weighted by atomic mass is 10.1. The Balaban J connectivity index is 0. The van der Waals surface area contributed by atoms with Gasteiger partial charge < -0.3 is 0 Å². The summed E-state index contributed by atoms with van der Waals surface area (Å²) in [5, 5.41) is 0. The average molecular weight is 319 g/mol. The van der Waals surface area contributed by atoms with Crippen molar-refractivity contribution in [3.8, 4) is 23.0 Å². The molecule has 1 aromatic heterocycles. The van der Waals surface area contributed by atoms with E-state index in [1.54, 1.807) is 12.4 Å². The fraction of sp³-hybridized carbons (Fsp3) is 0.174. The summed E-state index contributed by atoms with van der Waals surface area (Å²) in [6.45, 7) is 0. The Kier molecular flexibility index (Phi) is 11.4. The van der Waals surface area contributed by atoms with E-state index in [-0.39, 0.29) is 29.7 Å². The highest BCUT2D eigenvalue weighted by Crippen LogP contribution is 2.18. The molecule has 0 unspecified atom stereocenters. The predicted octanol–water partition coefficient (Wildman–Crippen LogP) is 6.69. The summed E-state index contributed by atoms with van der Waals surface area (Å²) in [6.07, 6.45) is 3.61. The van der Waals surface area contributed by atoms with Gasteiger partial charge in [0.1, 0.15) is 0 Å². The van der Waals surface area contributed by atoms with E-state index < -0.39 is 0 Å². The first-order valence-electron chi connectivity index (χ1n) is 6.49. The molecule has 0 radical (unpaired) electrons. The molecule has 0 amide bonds. The molecule has 126 valence electrons. The van der Waals surface area contributed by atoms with Crippen molar-refractivity contribution in [1.82, 2.24) is 4.98 Å². The van der Waals surface area contributed by atoms with Crippen LogP contribution in [0, 0.1) is 11.8 Å². The van der Waals surface area contributed by atoms with Gasteiger partial charge in [-0.2, -0.15) is 0 Å². The first-order valence-corrected chi connectivity index (χ1v) is 6.49. The van der Waals surface area contributed by atoms with Crippen molar-refractivity contribution in [2.24, 2.45) is 0 Å². The van der Waals surface area contributed by atoms with Crippen LogP contribution >= 0.6 is 0 Å². The zero-order valence-electron chi connectivity index (χ0n) is 11.0. The predicted molar refractivity (Wildman–Crippen MR) is 109 cm³/mol. The smallest absolute Gasteiger partial charge is 0.0273 e. The molecule has 1 nitrogen and oxygen atoms in total. The summed E-state index contributed by atoms with van der Waals surface area (Å²) in [7, 11) is 0. The van der Waals surface area contributed by atoms with E-state index in [0.717, 1.165) is 11.1 Å². The summed E-state index contributed by atoms with van der Waals surface area (Å²) >= 11 is 0. The van der Waals surface area contributed by atoms with Gasteiger partial charge in [0.15, 0.2) is 0 Å². The zero-order chi connectivity index (χ0) is 13.6. The second-order valence-corrected chi connectivity index (χ2v) is 4.43. The van der Waals surface area contributed by atoms with Gasteiger partial charge in [0, 0.05) is 23.5 Å². The van der Waals surface area contributed by atoms with Crippen LogP contribution < -0.4 is 0 Å². The number of nitrogens with zero attached hydrogens (tertiary/aromatic N) is 1. The van der Waals surface area contributed by atoms with Crippen molar-refractivity contribution in [3.63, 3.8) is 0 Å². The van der Waals surface area contributed by atoms with E-state index in [1.807, 2.05) is 54.6 Å². The van der Waals surface area contributed by atoms with E-state index in [9.17, 15) is 0 Å². The fourth-order valence-corrected chi connectivity index (χ4v) is 1.96. The molecule has 0 fully saturated rings. The van der Waals surface area contributed by atoms with Crippen LogP contribution in [0.3, 0.4) is 0 Å². The standard InChI is InChI=1S/C19H13N.4CH4/c1-2-4-16(5-3-1)6-7-17-8-10-18(11-9-17)19-12-14-20-15-13-19;;;;/h1-5,8-15H;4*1H4. The maximum Gasteiger partial charge on any atom is 0.0273 e. The Morgan fingerprint density at radius 2 is 0.958 bits per heavy atom. The van der Waals surface area contributed by atoms with E-state index >= 15 is 0 Å². The molecule has 0 saturated carbocycles. The maximum atomic E-state index is 4.03. The highest BCUT2D eigenvalue weighted by molar-refractivity contribution is 5.63. The zero-order valence-corrected chi connectivity index (χ0v) is 11.0. The van der Waals surface area contributed by atoms with Crippen molar-refractivity contribution < 1.29 is 0 Å². The Labute approximate surface area is 148 Å². The van der Waals surface area contributed by atoms with Crippen LogP contribution in [0.5, 0.6) is 0 Å². The molecule has 2 aromatic carbocycles. The molecule has 1 heterocycles. The summed E-state index contributed by atoms with van der Waals surface area (Å²) in [4.78, 5) is 4.03. The van der Waals surface area contributed by atoms with Crippen molar-refractivity contribution in [2.45, 2.75) is 29.7 Å². The lowest BCUT2D eigenvalue weighted by molar-refractivity contribution is 1.33. The lowest BCUT2D eigenvalue weighted by Crippen LogP contribution is -1.80. The SMILES string of the molecule is C.C.C.C.C(#Cc1ccc(-c2ccncc2)cc1)c1ccccc1. The molecule has 3 aromatic rings. The van der Waals surface area contributed by atoms with Gasteiger partial charge in [0.05, 0.1) is 0 Å². The molecule has 0 atom stereocenters. The molecule has 24 heavy (non-hydrogen) atoms. The third-order valence-electron chi connectivity index (χ3n) is 3.02. The topological polar surface area (TPSA) is 12.9 Å². The van der Waals surface area contributed by atoms with Crippen LogP contribution in [0.15, 0.2) is 79.1 Å². The monoisotopic (exact) mass is 319 g/mol. The second-order valence-electron chi connectivity index (χ2n) is 4.43. The second kappa shape index (κ2) is 11.7. The van der Waals surface area contributed by atoms with Crippen molar-refractivity contribution in [1.29, 1.82) is 0 Å². The van der Waals surface area contributed by atoms with Crippen LogP contribution in [-0.4, -0.2) is 4.98 Å². The molecule has 0 aliphatic heterocycles. The molecular formula is C23H29N. The number of rotatable bonds is 1. The minimum absolute atomic E-state index is 0. The number of pyridine rings is 1. The van der Waals surface area contributed by atoms with E-state index in [4.69, 9.17) is 0 Å². The van der Waals surface area contributed by atoms with Gasteiger partial charge in [-0.3, -0.25) is 4.98 Å². The van der Waals surface area contributed by atoms with Gasteiger partial charge in [-0.1, -0.05) is 71.9 Å². The molecule has 1 heteroatoms. The summed E-state index contributed by atoms with van der Waals surface area (Å²) in [5.74, 6) is 6.34. The van der Waals surface area contributed by atoms with Gasteiger partial charge in [-0.15, -0.1) is 0 Å². The Hall–Kier alpha value is -2.85. The van der Waals surface area contributed by atoms with Crippen molar-refractivity contribution in [2.75, 3.05) is 0 Å². The largest absolute Gasteiger partial charge is 0.265 e. The Morgan fingerprint density at radius 1 is 0.500 bits per heavy atom. The lowest BCUT2D eigenvalue weighted by Gasteiger charge is -2.00. The van der Waals surface area contributed by atoms with Crippen LogP contribution in [0.4, 0.5) is 0 Å². The third kappa shape index (κ3) is 6.10. The molecule has 0 N–H and O–H groups in total. The quantitative estimate of drug-likeness (QED) is 0.455. The summed E-state index contributed by atoms with van der Waals surface area (Å²) in [5.41, 5.74) is 4.40. The maximum absolute atomic E-state index is 4.03. The minimum Gasteiger partial charge on any atom is -0.265 e. The molecule has 0 aliphatic carbocycles. The fourth-order valence-electron chi connectivity index (χ4n) is 1.96. The summed E-state index contributed by atoms with van der Waals surface area (Å²) in [6, 6.07) is 22.3. The van der Waals surface area contributed by atoms with Crippen LogP contribution in [0.25, 0.3) is 11.1 Å². The van der Waals surface area contributed by atoms with Gasteiger partial charge in [-0.05, 0) is 47.5 Å². The summed E-state index contributed by atoms with van der Waals surface area (Å²) < 4.78 is 0.